The standard InChI is InChI=1S/C19H26N4/c1-14(2)13-16-15(3)20-17-7-5-6-8-18(17)21-19(16)23-11-9-22(4)10-12-23/h5-8,20H,1,9-13H2,2-4H3. The molecule has 2 heterocycles. The van der Waals surface area contributed by atoms with E-state index in [2.05, 4.69) is 54.7 Å². The first-order valence-electron chi connectivity index (χ1n) is 8.27. The number of nitrogens with one attached hydrogen (secondary N) is 1. The van der Waals surface area contributed by atoms with E-state index < -0.39 is 0 Å². The Balaban J connectivity index is 2.03. The van der Waals surface area contributed by atoms with Crippen LogP contribution >= 0.6 is 0 Å². The Hall–Kier alpha value is -2.07. The zero-order valence-corrected chi connectivity index (χ0v) is 14.4. The SMILES string of the molecule is C=C(C)CC1=C(C)Nc2ccccc2N=C1N1CCN(C)CC1. The maximum absolute atomic E-state index is 5.04. The minimum Gasteiger partial charge on any atom is -0.357 e. The first-order valence-corrected chi connectivity index (χ1v) is 8.27. The van der Waals surface area contributed by atoms with Crippen LogP contribution in [0.1, 0.15) is 20.3 Å². The zero-order chi connectivity index (χ0) is 16.4. The molecular weight excluding hydrogens is 284 g/mol. The molecule has 0 amide bonds. The monoisotopic (exact) mass is 310 g/mol. The van der Waals surface area contributed by atoms with Crippen molar-refractivity contribution in [1.82, 2.24) is 9.80 Å². The average molecular weight is 310 g/mol. The lowest BCUT2D eigenvalue weighted by molar-refractivity contribution is 0.215. The zero-order valence-electron chi connectivity index (χ0n) is 14.4. The van der Waals surface area contributed by atoms with Gasteiger partial charge in [0, 0.05) is 37.4 Å². The van der Waals surface area contributed by atoms with Crippen LogP contribution < -0.4 is 5.32 Å². The van der Waals surface area contributed by atoms with E-state index in [0.717, 1.165) is 55.4 Å². The maximum Gasteiger partial charge on any atom is 0.134 e. The fraction of sp³-hybridized carbons (Fsp3) is 0.421. The van der Waals surface area contributed by atoms with Crippen LogP contribution in [-0.4, -0.2) is 48.9 Å². The quantitative estimate of drug-likeness (QED) is 0.846. The molecule has 0 bridgehead atoms. The Kier molecular flexibility index (Phi) is 4.53. The summed E-state index contributed by atoms with van der Waals surface area (Å²) in [5, 5.41) is 3.54. The Labute approximate surface area is 139 Å². The molecule has 0 aliphatic carbocycles. The second-order valence-electron chi connectivity index (χ2n) is 6.61. The van der Waals surface area contributed by atoms with Crippen molar-refractivity contribution in [3.05, 3.63) is 47.7 Å². The van der Waals surface area contributed by atoms with Gasteiger partial charge in [-0.15, -0.1) is 0 Å². The van der Waals surface area contributed by atoms with Crippen LogP contribution in [0.3, 0.4) is 0 Å². The summed E-state index contributed by atoms with van der Waals surface area (Å²) in [4.78, 5) is 9.83. The number of fused-ring (bicyclic) bond motifs is 1. The summed E-state index contributed by atoms with van der Waals surface area (Å²) in [7, 11) is 2.18. The third kappa shape index (κ3) is 3.48. The van der Waals surface area contributed by atoms with Crippen molar-refractivity contribution in [2.75, 3.05) is 38.5 Å². The van der Waals surface area contributed by atoms with Crippen LogP contribution in [0, 0.1) is 0 Å². The van der Waals surface area contributed by atoms with Gasteiger partial charge in [-0.3, -0.25) is 0 Å². The van der Waals surface area contributed by atoms with Gasteiger partial charge in [-0.25, -0.2) is 4.99 Å². The van der Waals surface area contributed by atoms with Crippen molar-refractivity contribution < 1.29 is 0 Å². The Morgan fingerprint density at radius 2 is 1.91 bits per heavy atom. The largest absolute Gasteiger partial charge is 0.357 e. The third-order valence-electron chi connectivity index (χ3n) is 4.46. The van der Waals surface area contributed by atoms with Gasteiger partial charge in [-0.05, 0) is 39.4 Å². The molecule has 0 radical (unpaired) electrons. The number of likely N-dealkylation sites (N-methyl/N-ethyl adjacent to an activating group) is 1. The van der Waals surface area contributed by atoms with Gasteiger partial charge >= 0.3 is 0 Å². The van der Waals surface area contributed by atoms with E-state index in [0.29, 0.717) is 0 Å². The molecule has 0 aromatic heterocycles. The van der Waals surface area contributed by atoms with Crippen LogP contribution in [0.4, 0.5) is 11.4 Å². The minimum absolute atomic E-state index is 0.859. The number of rotatable bonds is 2. The molecule has 122 valence electrons. The highest BCUT2D eigenvalue weighted by Gasteiger charge is 2.24. The highest BCUT2D eigenvalue weighted by Crippen LogP contribution is 2.32. The van der Waals surface area contributed by atoms with Gasteiger partial charge < -0.3 is 15.1 Å². The number of allylic oxidation sites excluding steroid dienone is 2. The van der Waals surface area contributed by atoms with E-state index in [9.17, 15) is 0 Å². The summed E-state index contributed by atoms with van der Waals surface area (Å²) in [6, 6.07) is 8.27. The van der Waals surface area contributed by atoms with Gasteiger partial charge in [0.1, 0.15) is 5.84 Å². The second kappa shape index (κ2) is 6.59. The molecule has 1 N–H and O–H groups in total. The molecule has 4 heteroatoms. The van der Waals surface area contributed by atoms with Crippen LogP contribution in [0.5, 0.6) is 0 Å². The summed E-state index contributed by atoms with van der Waals surface area (Å²) in [5.41, 5.74) is 5.69. The van der Waals surface area contributed by atoms with E-state index >= 15 is 0 Å². The molecule has 2 aliphatic rings. The molecule has 2 aliphatic heterocycles. The first kappa shape index (κ1) is 15.8. The van der Waals surface area contributed by atoms with Gasteiger partial charge in [-0.1, -0.05) is 24.3 Å². The number of anilines is 1. The fourth-order valence-corrected chi connectivity index (χ4v) is 3.10. The summed E-state index contributed by atoms with van der Waals surface area (Å²) in [6.45, 7) is 12.5. The van der Waals surface area contributed by atoms with Crippen molar-refractivity contribution in [3.63, 3.8) is 0 Å². The van der Waals surface area contributed by atoms with Crippen LogP contribution in [0.15, 0.2) is 52.7 Å². The lowest BCUT2D eigenvalue weighted by Gasteiger charge is -2.35. The number of hydrogen-bond donors (Lipinski definition) is 1. The van der Waals surface area contributed by atoms with Crippen molar-refractivity contribution in [2.45, 2.75) is 20.3 Å². The molecule has 4 nitrogen and oxygen atoms in total. The molecule has 1 saturated heterocycles. The number of piperazine rings is 1. The average Bonchev–Trinajstić information content (AvgIpc) is 2.65. The van der Waals surface area contributed by atoms with E-state index in [1.54, 1.807) is 0 Å². The molecule has 23 heavy (non-hydrogen) atoms. The lowest BCUT2D eigenvalue weighted by Crippen LogP contribution is -2.47. The predicted molar refractivity (Wildman–Crippen MR) is 98.4 cm³/mol. The summed E-state index contributed by atoms with van der Waals surface area (Å²) >= 11 is 0. The fourth-order valence-electron chi connectivity index (χ4n) is 3.10. The van der Waals surface area contributed by atoms with E-state index in [-0.39, 0.29) is 0 Å². The van der Waals surface area contributed by atoms with E-state index in [1.807, 2.05) is 12.1 Å². The van der Waals surface area contributed by atoms with E-state index in [4.69, 9.17) is 4.99 Å². The minimum atomic E-state index is 0.859. The Morgan fingerprint density at radius 1 is 1.22 bits per heavy atom. The number of hydrogen-bond acceptors (Lipinski definition) is 4. The lowest BCUT2D eigenvalue weighted by atomic mass is 10.0. The topological polar surface area (TPSA) is 30.9 Å². The Bertz CT molecular complexity index is 664. The van der Waals surface area contributed by atoms with Crippen molar-refractivity contribution in [3.8, 4) is 0 Å². The van der Waals surface area contributed by atoms with Crippen LogP contribution in [0.25, 0.3) is 0 Å². The number of nitrogens with zero attached hydrogens (tertiary/aromatic N) is 3. The van der Waals surface area contributed by atoms with Gasteiger partial charge in [0.15, 0.2) is 0 Å². The van der Waals surface area contributed by atoms with Crippen molar-refractivity contribution >= 4 is 17.2 Å². The number of para-hydroxylation sites is 2. The molecular formula is C19H26N4. The van der Waals surface area contributed by atoms with Gasteiger partial charge in [0.25, 0.3) is 0 Å². The molecule has 0 atom stereocenters. The molecule has 0 spiro atoms. The third-order valence-corrected chi connectivity index (χ3v) is 4.46. The normalized spacial score (nSPS) is 18.9. The second-order valence-corrected chi connectivity index (χ2v) is 6.61. The maximum atomic E-state index is 5.04. The number of aliphatic imine (C=N–C) groups is 1. The van der Waals surface area contributed by atoms with E-state index in [1.165, 1.54) is 11.3 Å². The molecule has 1 fully saturated rings. The number of benzene rings is 1. The summed E-state index contributed by atoms with van der Waals surface area (Å²) in [5.74, 6) is 1.11. The molecule has 3 rings (SSSR count). The molecule has 1 aromatic carbocycles. The molecule has 0 saturated carbocycles. The van der Waals surface area contributed by atoms with Gasteiger partial charge in [-0.2, -0.15) is 0 Å². The predicted octanol–water partition coefficient (Wildman–Crippen LogP) is 3.63. The molecule has 1 aromatic rings. The van der Waals surface area contributed by atoms with Gasteiger partial charge in [0.2, 0.25) is 0 Å². The van der Waals surface area contributed by atoms with Gasteiger partial charge in [0.05, 0.1) is 11.4 Å². The summed E-state index contributed by atoms with van der Waals surface area (Å²) < 4.78 is 0. The Morgan fingerprint density at radius 3 is 2.61 bits per heavy atom. The van der Waals surface area contributed by atoms with Crippen LogP contribution in [0.2, 0.25) is 0 Å². The smallest absolute Gasteiger partial charge is 0.134 e. The van der Waals surface area contributed by atoms with Crippen molar-refractivity contribution in [1.29, 1.82) is 0 Å². The van der Waals surface area contributed by atoms with Crippen LogP contribution in [-0.2, 0) is 0 Å². The highest BCUT2D eigenvalue weighted by atomic mass is 15.3. The molecule has 0 unspecified atom stereocenters. The van der Waals surface area contributed by atoms with Crippen molar-refractivity contribution in [2.24, 2.45) is 4.99 Å². The number of amidine groups is 1. The summed E-state index contributed by atoms with van der Waals surface area (Å²) in [6.07, 6.45) is 0.859. The highest BCUT2D eigenvalue weighted by molar-refractivity contribution is 6.03. The first-order chi connectivity index (χ1) is 11.0.